The summed E-state index contributed by atoms with van der Waals surface area (Å²) in [5.74, 6) is -1.99. The van der Waals surface area contributed by atoms with E-state index in [0.29, 0.717) is 69.5 Å². The number of thiazole rings is 1. The Bertz CT molecular complexity index is 2580. The highest BCUT2D eigenvalue weighted by molar-refractivity contribution is 7.17. The minimum Gasteiger partial charge on any atom is -0.354 e. The number of nitrogens with one attached hydrogen (secondary N) is 1. The largest absolute Gasteiger partial charge is 0.363 e. The van der Waals surface area contributed by atoms with Crippen molar-refractivity contribution in [3.8, 4) is 0 Å². The maximum atomic E-state index is 13.1. The Morgan fingerprint density at radius 2 is 1.30 bits per heavy atom. The topological polar surface area (TPSA) is 205 Å². The molecular formula is C47H46ClN9O9S. The van der Waals surface area contributed by atoms with Crippen LogP contribution in [0.25, 0.3) is 0 Å². The van der Waals surface area contributed by atoms with Crippen LogP contribution in [0.3, 0.4) is 0 Å². The lowest BCUT2D eigenvalue weighted by molar-refractivity contribution is -0.173. The first-order valence-electron chi connectivity index (χ1n) is 21.7. The number of imide groups is 2. The summed E-state index contributed by atoms with van der Waals surface area (Å²) in [6.07, 6.45) is 1.74. The Morgan fingerprint density at radius 1 is 0.746 bits per heavy atom. The van der Waals surface area contributed by atoms with E-state index in [9.17, 15) is 33.6 Å². The first-order chi connectivity index (χ1) is 32.3. The Labute approximate surface area is 394 Å². The van der Waals surface area contributed by atoms with E-state index in [1.165, 1.54) is 11.3 Å². The molecular weight excluding hydrogens is 902 g/mol. The van der Waals surface area contributed by atoms with Crippen LogP contribution in [0.15, 0.2) is 79.0 Å². The van der Waals surface area contributed by atoms with Crippen LogP contribution < -0.4 is 10.2 Å². The number of hydroxylamine groups is 4. The van der Waals surface area contributed by atoms with Gasteiger partial charge in [0.1, 0.15) is 17.5 Å². The van der Waals surface area contributed by atoms with Gasteiger partial charge in [0.25, 0.3) is 23.6 Å². The third kappa shape index (κ3) is 11.5. The molecule has 3 fully saturated rings. The summed E-state index contributed by atoms with van der Waals surface area (Å²) < 4.78 is 0. The summed E-state index contributed by atoms with van der Waals surface area (Å²) in [6, 6.07) is 21.0. The van der Waals surface area contributed by atoms with E-state index < -0.39 is 35.6 Å². The Balaban J connectivity index is 0.884. The number of hydrogen-bond donors (Lipinski definition) is 1. The van der Waals surface area contributed by atoms with Crippen LogP contribution in [0.5, 0.6) is 0 Å². The molecule has 0 atom stereocenters. The van der Waals surface area contributed by atoms with Crippen LogP contribution in [0.2, 0.25) is 5.02 Å². The molecule has 0 radical (unpaired) electrons. The van der Waals surface area contributed by atoms with Crippen LogP contribution in [0.1, 0.15) is 84.1 Å². The molecule has 5 aromatic rings. The van der Waals surface area contributed by atoms with Gasteiger partial charge in [-0.1, -0.05) is 59.3 Å². The van der Waals surface area contributed by atoms with Crippen molar-refractivity contribution in [2.24, 2.45) is 0 Å². The fraction of sp³-hybridized carbons (Fsp3) is 0.319. The first kappa shape index (κ1) is 46.6. The summed E-state index contributed by atoms with van der Waals surface area (Å²) in [4.78, 5) is 118. The minimum atomic E-state index is -0.810. The number of rotatable bonds is 17. The number of piperazine rings is 1. The van der Waals surface area contributed by atoms with Gasteiger partial charge in [0.2, 0.25) is 0 Å². The van der Waals surface area contributed by atoms with Crippen molar-refractivity contribution < 1.29 is 43.2 Å². The number of carbonyl (C=O) groups excluding carboxylic acids is 7. The summed E-state index contributed by atoms with van der Waals surface area (Å²) in [5.41, 5.74) is 3.92. The average molecular weight is 948 g/mol. The van der Waals surface area contributed by atoms with Gasteiger partial charge >= 0.3 is 11.9 Å². The number of benzene rings is 3. The standard InChI is InChI=1S/C47H46ClN9O9S/c1-29-4-3-5-36(48)35(29)24-37(58)38-26-49-47(67-38)52-39-25-40(51-30(2)50-39)55-22-20-53(21-23-55)18-19-54(27-31-6-10-33(11-7-31)45(63)65-56-41(59)14-15-42(56)60)28-32-8-12-34(13-9-32)46(64)66-57-43(61)16-17-44(57)62/h3-13,25-26H,14-24,27-28H2,1-2H3,(H,49,50,51,52). The van der Waals surface area contributed by atoms with E-state index in [-0.39, 0.29) is 49.0 Å². The summed E-state index contributed by atoms with van der Waals surface area (Å²) in [7, 11) is 0. The normalized spacial score (nSPS) is 15.5. The highest BCUT2D eigenvalue weighted by atomic mass is 35.5. The molecule has 3 aromatic carbocycles. The van der Waals surface area contributed by atoms with Gasteiger partial charge < -0.3 is 19.9 Å². The SMILES string of the molecule is Cc1nc(Nc2ncc(C(=O)Cc3c(C)cccc3Cl)s2)cc(N2CCN(CCN(Cc3ccc(C(=O)ON4C(=O)CCC4=O)cc3)Cc3ccc(C(=O)ON4C(=O)CCC4=O)cc3)CC2)n1. The van der Waals surface area contributed by atoms with E-state index in [0.717, 1.165) is 47.7 Å². The van der Waals surface area contributed by atoms with Crippen LogP contribution in [-0.4, -0.2) is 115 Å². The highest BCUT2D eigenvalue weighted by Crippen LogP contribution is 2.28. The highest BCUT2D eigenvalue weighted by Gasteiger charge is 2.34. The van der Waals surface area contributed by atoms with E-state index in [1.807, 2.05) is 32.0 Å². The number of Topliss-reactive ketones (excluding diaryl/α,β-unsaturated/α-hetero) is 1. The van der Waals surface area contributed by atoms with E-state index in [4.69, 9.17) is 26.3 Å². The van der Waals surface area contributed by atoms with Gasteiger partial charge in [-0.3, -0.25) is 33.8 Å². The molecule has 346 valence electrons. The zero-order valence-corrected chi connectivity index (χ0v) is 38.3. The lowest BCUT2D eigenvalue weighted by atomic mass is 10.0. The zero-order valence-electron chi connectivity index (χ0n) is 36.7. The monoisotopic (exact) mass is 947 g/mol. The van der Waals surface area contributed by atoms with Crippen molar-refractivity contribution in [1.82, 2.24) is 34.9 Å². The van der Waals surface area contributed by atoms with Gasteiger partial charge in [0, 0.05) is 95.6 Å². The number of nitrogens with zero attached hydrogens (tertiary/aromatic N) is 8. The Morgan fingerprint density at radius 3 is 1.84 bits per heavy atom. The molecule has 0 spiro atoms. The lowest BCUT2D eigenvalue weighted by Crippen LogP contribution is -2.48. The first-order valence-corrected chi connectivity index (χ1v) is 22.8. The molecule has 3 aliphatic rings. The number of anilines is 3. The number of amides is 4. The van der Waals surface area contributed by atoms with E-state index in [2.05, 4.69) is 30.0 Å². The van der Waals surface area contributed by atoms with Crippen molar-refractivity contribution in [2.75, 3.05) is 49.5 Å². The number of halogens is 1. The van der Waals surface area contributed by atoms with Gasteiger partial charge in [-0.15, -0.1) is 10.1 Å². The van der Waals surface area contributed by atoms with Crippen LogP contribution >= 0.6 is 22.9 Å². The van der Waals surface area contributed by atoms with E-state index >= 15 is 0 Å². The predicted molar refractivity (Wildman–Crippen MR) is 245 cm³/mol. The third-order valence-corrected chi connectivity index (χ3v) is 12.8. The number of ketones is 1. The maximum absolute atomic E-state index is 13.1. The van der Waals surface area contributed by atoms with Gasteiger partial charge in [-0.2, -0.15) is 0 Å². The molecule has 0 saturated carbocycles. The zero-order chi connectivity index (χ0) is 47.2. The Hall–Kier alpha value is -6.93. The van der Waals surface area contributed by atoms with E-state index in [1.54, 1.807) is 60.8 Å². The van der Waals surface area contributed by atoms with Crippen LogP contribution in [-0.2, 0) is 48.4 Å². The number of hydrogen-bond acceptors (Lipinski definition) is 17. The second-order valence-corrected chi connectivity index (χ2v) is 17.7. The molecule has 3 saturated heterocycles. The van der Waals surface area contributed by atoms with Gasteiger partial charge in [-0.25, -0.2) is 24.5 Å². The third-order valence-electron chi connectivity index (χ3n) is 11.5. The molecule has 67 heavy (non-hydrogen) atoms. The van der Waals surface area contributed by atoms with Crippen molar-refractivity contribution in [3.63, 3.8) is 0 Å². The number of aromatic nitrogens is 3. The molecule has 0 aliphatic carbocycles. The minimum absolute atomic E-state index is 0.00141. The average Bonchev–Trinajstić information content (AvgIpc) is 4.01. The van der Waals surface area contributed by atoms with Gasteiger partial charge in [-0.05, 0) is 66.4 Å². The molecule has 1 N–H and O–H groups in total. The summed E-state index contributed by atoms with van der Waals surface area (Å²) in [6.45, 7) is 9.09. The Kier molecular flexibility index (Phi) is 14.4. The van der Waals surface area contributed by atoms with Crippen molar-refractivity contribution in [1.29, 1.82) is 0 Å². The van der Waals surface area contributed by atoms with Gasteiger partial charge in [0.15, 0.2) is 10.9 Å². The van der Waals surface area contributed by atoms with Crippen molar-refractivity contribution >= 4 is 81.1 Å². The summed E-state index contributed by atoms with van der Waals surface area (Å²) >= 11 is 7.63. The number of carbonyl (C=O) groups is 7. The summed E-state index contributed by atoms with van der Waals surface area (Å²) in [5, 5.41) is 5.40. The smallest absolute Gasteiger partial charge is 0.354 e. The molecule has 4 amide bonds. The molecule has 0 unspecified atom stereocenters. The maximum Gasteiger partial charge on any atom is 0.363 e. The molecule has 18 nitrogen and oxygen atoms in total. The van der Waals surface area contributed by atoms with Crippen molar-refractivity contribution in [2.45, 2.75) is 59.0 Å². The molecule has 0 bridgehead atoms. The molecule has 5 heterocycles. The lowest BCUT2D eigenvalue weighted by Gasteiger charge is -2.36. The molecule has 8 rings (SSSR count). The molecule has 20 heteroatoms. The second kappa shape index (κ2) is 20.7. The van der Waals surface area contributed by atoms with Crippen LogP contribution in [0.4, 0.5) is 16.8 Å². The fourth-order valence-electron chi connectivity index (χ4n) is 7.78. The predicted octanol–water partition coefficient (Wildman–Crippen LogP) is 5.64. The molecule has 2 aromatic heterocycles. The molecule has 3 aliphatic heterocycles. The van der Waals surface area contributed by atoms with Crippen LogP contribution in [0, 0.1) is 13.8 Å². The van der Waals surface area contributed by atoms with Crippen molar-refractivity contribution in [3.05, 3.63) is 128 Å². The van der Waals surface area contributed by atoms with Gasteiger partial charge in [0.05, 0.1) is 22.2 Å². The second-order valence-electron chi connectivity index (χ2n) is 16.3. The quantitative estimate of drug-likeness (QED) is 0.0885. The number of aryl methyl sites for hydroxylation is 2. The fourth-order valence-corrected chi connectivity index (χ4v) is 8.83.